The predicted octanol–water partition coefficient (Wildman–Crippen LogP) is 13.3. The van der Waals surface area contributed by atoms with Crippen molar-refractivity contribution in [3.05, 3.63) is 158 Å². The number of nitrogens with zero attached hydrogens (tertiary/aromatic N) is 2. The van der Waals surface area contributed by atoms with E-state index in [2.05, 4.69) is 167 Å². The van der Waals surface area contributed by atoms with E-state index in [4.69, 9.17) is 4.42 Å². The van der Waals surface area contributed by atoms with Crippen LogP contribution in [-0.4, -0.2) is 9.13 Å². The highest BCUT2D eigenvalue weighted by molar-refractivity contribution is 7.26. The third-order valence-electron chi connectivity index (χ3n) is 10.7. The molecule has 4 heterocycles. The monoisotopic (exact) mass is 654 g/mol. The fourth-order valence-electron chi connectivity index (χ4n) is 8.69. The molecule has 0 fully saturated rings. The first-order chi connectivity index (χ1) is 24.8. The molecule has 4 heteroatoms. The SMILES string of the molecule is c1ccc(-n2c3ccccc3c3cc(-n4c5ccccc5c5c6oc7ccccc7c6c6c(ccc7sc8ccccc8c76)c54)ccc32)cc1. The van der Waals surface area contributed by atoms with Crippen molar-refractivity contribution in [2.24, 2.45) is 0 Å². The highest BCUT2D eigenvalue weighted by atomic mass is 32.1. The molecule has 0 amide bonds. The fourth-order valence-corrected chi connectivity index (χ4v) is 9.81. The lowest BCUT2D eigenvalue weighted by molar-refractivity contribution is 0.673. The van der Waals surface area contributed by atoms with Crippen molar-refractivity contribution in [3.63, 3.8) is 0 Å². The smallest absolute Gasteiger partial charge is 0.146 e. The minimum absolute atomic E-state index is 0.916. The molecule has 0 saturated carbocycles. The quantitative estimate of drug-likeness (QED) is 0.182. The van der Waals surface area contributed by atoms with Gasteiger partial charge in [0.2, 0.25) is 0 Å². The van der Waals surface area contributed by atoms with Crippen LogP contribution in [0.1, 0.15) is 0 Å². The Bertz CT molecular complexity index is 3370. The van der Waals surface area contributed by atoms with Gasteiger partial charge in [-0.05, 0) is 60.7 Å². The summed E-state index contributed by atoms with van der Waals surface area (Å²) >= 11 is 1.87. The number of benzene rings is 8. The minimum Gasteiger partial charge on any atom is -0.455 e. The average molecular weight is 655 g/mol. The van der Waals surface area contributed by atoms with Crippen molar-refractivity contribution in [1.82, 2.24) is 9.13 Å². The largest absolute Gasteiger partial charge is 0.455 e. The normalized spacial score (nSPS) is 12.4. The molecule has 0 radical (unpaired) electrons. The van der Waals surface area contributed by atoms with Crippen LogP contribution in [0.25, 0.3) is 108 Å². The first kappa shape index (κ1) is 26.6. The van der Waals surface area contributed by atoms with Crippen molar-refractivity contribution >= 4 is 108 Å². The zero-order valence-corrected chi connectivity index (χ0v) is 27.5. The average Bonchev–Trinajstić information content (AvgIpc) is 3.92. The molecule has 12 aromatic rings. The molecule has 0 unspecified atom stereocenters. The highest BCUT2D eigenvalue weighted by Gasteiger charge is 2.25. The first-order valence-electron chi connectivity index (χ1n) is 17.0. The fraction of sp³-hybridized carbons (Fsp3) is 0. The van der Waals surface area contributed by atoms with Crippen molar-refractivity contribution in [2.75, 3.05) is 0 Å². The van der Waals surface area contributed by atoms with E-state index < -0.39 is 0 Å². The third-order valence-corrected chi connectivity index (χ3v) is 11.8. The summed E-state index contributed by atoms with van der Waals surface area (Å²) in [6, 6.07) is 57.2. The van der Waals surface area contributed by atoms with Crippen LogP contribution in [0.15, 0.2) is 162 Å². The molecule has 12 rings (SSSR count). The Labute approximate surface area is 289 Å². The summed E-state index contributed by atoms with van der Waals surface area (Å²) in [5.74, 6) is 0. The number of furan rings is 1. The Balaban J connectivity index is 1.30. The van der Waals surface area contributed by atoms with Crippen LogP contribution in [0.5, 0.6) is 0 Å². The Kier molecular flexibility index (Phi) is 5.12. The number of rotatable bonds is 2. The van der Waals surface area contributed by atoms with Gasteiger partial charge in [-0.3, -0.25) is 0 Å². The second kappa shape index (κ2) is 9.63. The maximum atomic E-state index is 6.94. The summed E-state index contributed by atoms with van der Waals surface area (Å²) in [6.45, 7) is 0. The number of hydrogen-bond donors (Lipinski definition) is 0. The lowest BCUT2D eigenvalue weighted by atomic mass is 9.95. The summed E-state index contributed by atoms with van der Waals surface area (Å²) in [5.41, 5.74) is 8.90. The van der Waals surface area contributed by atoms with E-state index in [-0.39, 0.29) is 0 Å². The minimum atomic E-state index is 0.916. The molecule has 0 bridgehead atoms. The van der Waals surface area contributed by atoms with Crippen LogP contribution in [-0.2, 0) is 0 Å². The van der Waals surface area contributed by atoms with Crippen LogP contribution < -0.4 is 0 Å². The Hall–Kier alpha value is -6.36. The van der Waals surface area contributed by atoms with E-state index in [1.54, 1.807) is 0 Å². The van der Waals surface area contributed by atoms with Gasteiger partial charge < -0.3 is 13.6 Å². The number of para-hydroxylation sites is 4. The van der Waals surface area contributed by atoms with Crippen molar-refractivity contribution in [3.8, 4) is 11.4 Å². The predicted molar refractivity (Wildman–Crippen MR) is 213 cm³/mol. The van der Waals surface area contributed by atoms with E-state index in [0.717, 1.165) is 38.8 Å². The van der Waals surface area contributed by atoms with E-state index in [1.165, 1.54) is 69.0 Å². The van der Waals surface area contributed by atoms with Crippen LogP contribution in [0.2, 0.25) is 0 Å². The molecule has 0 atom stereocenters. The molecule has 0 saturated heterocycles. The maximum Gasteiger partial charge on any atom is 0.146 e. The zero-order chi connectivity index (χ0) is 32.5. The molecule has 0 aliphatic rings. The van der Waals surface area contributed by atoms with E-state index in [9.17, 15) is 0 Å². The van der Waals surface area contributed by atoms with Gasteiger partial charge in [0, 0.05) is 69.3 Å². The molecule has 0 spiro atoms. The molecule has 50 heavy (non-hydrogen) atoms. The number of aromatic nitrogens is 2. The second-order valence-corrected chi connectivity index (χ2v) is 14.3. The van der Waals surface area contributed by atoms with E-state index in [1.807, 2.05) is 11.3 Å². The molecule has 8 aromatic carbocycles. The summed E-state index contributed by atoms with van der Waals surface area (Å²) in [5, 5.41) is 12.3. The molecule has 4 aromatic heterocycles. The Morgan fingerprint density at radius 1 is 0.380 bits per heavy atom. The van der Waals surface area contributed by atoms with Gasteiger partial charge in [0.1, 0.15) is 11.2 Å². The molecule has 0 N–H and O–H groups in total. The Morgan fingerprint density at radius 2 is 1.06 bits per heavy atom. The van der Waals surface area contributed by atoms with Crippen LogP contribution in [0, 0.1) is 0 Å². The van der Waals surface area contributed by atoms with Crippen LogP contribution in [0.4, 0.5) is 0 Å². The summed E-state index contributed by atoms with van der Waals surface area (Å²) < 4.78 is 14.4. The van der Waals surface area contributed by atoms with Crippen molar-refractivity contribution < 1.29 is 4.42 Å². The first-order valence-corrected chi connectivity index (χ1v) is 17.8. The number of thiophene rings is 1. The molecular weight excluding hydrogens is 629 g/mol. The van der Waals surface area contributed by atoms with Crippen LogP contribution in [0.3, 0.4) is 0 Å². The standard InChI is InChI=1S/C46H26N2OS/c1-2-12-27(13-3-1)47-35-18-8-4-14-29(35)34-26-28(22-24-37(34)47)48-36-19-9-5-15-30(36)44-45(48)33-23-25-40-41(32-17-7-11-21-39(32)50-40)42(33)43-31-16-6-10-20-38(31)49-46(43)44/h1-26H. The molecule has 0 aliphatic heterocycles. The van der Waals surface area contributed by atoms with E-state index in [0.29, 0.717) is 0 Å². The number of hydrogen-bond acceptors (Lipinski definition) is 2. The van der Waals surface area contributed by atoms with Gasteiger partial charge in [-0.1, -0.05) is 97.1 Å². The van der Waals surface area contributed by atoms with Gasteiger partial charge in [-0.25, -0.2) is 0 Å². The van der Waals surface area contributed by atoms with E-state index >= 15 is 0 Å². The van der Waals surface area contributed by atoms with Crippen LogP contribution >= 0.6 is 11.3 Å². The van der Waals surface area contributed by atoms with Gasteiger partial charge in [0.15, 0.2) is 0 Å². The second-order valence-electron chi connectivity index (χ2n) is 13.2. The molecule has 232 valence electrons. The Morgan fingerprint density at radius 3 is 1.92 bits per heavy atom. The van der Waals surface area contributed by atoms with Gasteiger partial charge in [-0.15, -0.1) is 11.3 Å². The molecule has 3 nitrogen and oxygen atoms in total. The number of fused-ring (bicyclic) bond motifs is 17. The summed E-state index contributed by atoms with van der Waals surface area (Å²) in [7, 11) is 0. The molecule has 0 aliphatic carbocycles. The lowest BCUT2D eigenvalue weighted by Gasteiger charge is -2.13. The van der Waals surface area contributed by atoms with Crippen molar-refractivity contribution in [1.29, 1.82) is 0 Å². The summed E-state index contributed by atoms with van der Waals surface area (Å²) in [6.07, 6.45) is 0. The maximum absolute atomic E-state index is 6.94. The highest BCUT2D eigenvalue weighted by Crippen LogP contribution is 2.50. The summed E-state index contributed by atoms with van der Waals surface area (Å²) in [4.78, 5) is 0. The van der Waals surface area contributed by atoms with Gasteiger partial charge in [-0.2, -0.15) is 0 Å². The third kappa shape index (κ3) is 3.33. The topological polar surface area (TPSA) is 23.0 Å². The zero-order valence-electron chi connectivity index (χ0n) is 26.7. The lowest BCUT2D eigenvalue weighted by Crippen LogP contribution is -1.96. The van der Waals surface area contributed by atoms with Crippen molar-refractivity contribution in [2.45, 2.75) is 0 Å². The van der Waals surface area contributed by atoms with Gasteiger partial charge in [0.05, 0.1) is 27.5 Å². The van der Waals surface area contributed by atoms with Gasteiger partial charge >= 0.3 is 0 Å². The van der Waals surface area contributed by atoms with Gasteiger partial charge in [0.25, 0.3) is 0 Å². The molecular formula is C46H26N2OS.